The van der Waals surface area contributed by atoms with E-state index in [0.29, 0.717) is 12.5 Å². The zero-order valence-corrected chi connectivity index (χ0v) is 14.3. The lowest BCUT2D eigenvalue weighted by molar-refractivity contribution is -0.0374. The van der Waals surface area contributed by atoms with Gasteiger partial charge in [-0.15, -0.1) is 0 Å². The van der Waals surface area contributed by atoms with Gasteiger partial charge in [-0.1, -0.05) is 25.7 Å². The molecule has 2 heterocycles. The van der Waals surface area contributed by atoms with Gasteiger partial charge < -0.3 is 19.7 Å². The van der Waals surface area contributed by atoms with Crippen LogP contribution in [-0.2, 0) is 11.8 Å². The molecule has 2 fully saturated rings. The van der Waals surface area contributed by atoms with Gasteiger partial charge in [0.25, 0.3) is 0 Å². The van der Waals surface area contributed by atoms with Gasteiger partial charge in [0.1, 0.15) is 11.9 Å². The number of aryl methyl sites for hydroxylation is 1. The van der Waals surface area contributed by atoms with Crippen LogP contribution in [0.2, 0.25) is 0 Å². The van der Waals surface area contributed by atoms with E-state index in [-0.39, 0.29) is 6.10 Å². The Balaban J connectivity index is 1.54. The van der Waals surface area contributed by atoms with Crippen molar-refractivity contribution in [1.29, 1.82) is 0 Å². The van der Waals surface area contributed by atoms with Gasteiger partial charge in [0.15, 0.2) is 0 Å². The molecule has 0 unspecified atom stereocenters. The minimum absolute atomic E-state index is 0.0695. The van der Waals surface area contributed by atoms with Crippen molar-refractivity contribution >= 4 is 0 Å². The van der Waals surface area contributed by atoms with E-state index in [1.54, 1.807) is 0 Å². The van der Waals surface area contributed by atoms with Crippen LogP contribution in [0.25, 0.3) is 0 Å². The fourth-order valence-corrected chi connectivity index (χ4v) is 4.04. The Labute approximate surface area is 139 Å². The zero-order chi connectivity index (χ0) is 16.1. The second-order valence-corrected chi connectivity index (χ2v) is 7.36. The van der Waals surface area contributed by atoms with E-state index in [4.69, 9.17) is 4.74 Å². The zero-order valence-electron chi connectivity index (χ0n) is 14.3. The molecule has 0 spiro atoms. The summed E-state index contributed by atoms with van der Waals surface area (Å²) in [5.74, 6) is 1.45. The van der Waals surface area contributed by atoms with Crippen molar-refractivity contribution in [2.24, 2.45) is 13.0 Å². The minimum atomic E-state index is -0.509. The molecular weight excluding hydrogens is 290 g/mol. The van der Waals surface area contributed by atoms with Gasteiger partial charge in [-0.05, 0) is 25.7 Å². The van der Waals surface area contributed by atoms with Gasteiger partial charge in [0.05, 0.1) is 5.60 Å². The number of hydrogen-bond acceptors (Lipinski definition) is 4. The normalized spacial score (nSPS) is 28.4. The smallest absolute Gasteiger partial charge is 0.137 e. The standard InChI is InChI=1S/C18H31N3O2/c1-21-11-10-20-17(21)16-15(7-6-12-23-16)13-19-14-18(22)8-4-2-3-5-9-18/h10-11,15-16,19,22H,2-9,12-14H2,1H3/t15-,16+/m0/s1. The maximum Gasteiger partial charge on any atom is 0.137 e. The maximum absolute atomic E-state index is 10.8. The first-order valence-electron chi connectivity index (χ1n) is 9.20. The summed E-state index contributed by atoms with van der Waals surface area (Å²) in [4.78, 5) is 4.47. The molecule has 0 aromatic carbocycles. The van der Waals surface area contributed by atoms with Crippen LogP contribution in [-0.4, -0.2) is 40.0 Å². The Morgan fingerprint density at radius 3 is 2.78 bits per heavy atom. The molecule has 1 saturated heterocycles. The minimum Gasteiger partial charge on any atom is -0.389 e. The highest BCUT2D eigenvalue weighted by Gasteiger charge is 2.32. The summed E-state index contributed by atoms with van der Waals surface area (Å²) in [7, 11) is 2.03. The topological polar surface area (TPSA) is 59.3 Å². The lowest BCUT2D eigenvalue weighted by Crippen LogP contribution is -2.43. The summed E-state index contributed by atoms with van der Waals surface area (Å²) in [5, 5.41) is 14.3. The highest BCUT2D eigenvalue weighted by molar-refractivity contribution is 5.00. The van der Waals surface area contributed by atoms with Crippen LogP contribution in [0.4, 0.5) is 0 Å². The van der Waals surface area contributed by atoms with Crippen molar-refractivity contribution in [3.63, 3.8) is 0 Å². The summed E-state index contributed by atoms with van der Waals surface area (Å²) in [6.07, 6.45) is 12.9. The average molecular weight is 321 g/mol. The third-order valence-electron chi connectivity index (χ3n) is 5.45. The molecular formula is C18H31N3O2. The number of aromatic nitrogens is 2. The second-order valence-electron chi connectivity index (χ2n) is 7.36. The fourth-order valence-electron chi connectivity index (χ4n) is 4.04. The van der Waals surface area contributed by atoms with Crippen LogP contribution in [0, 0.1) is 5.92 Å². The molecule has 2 atom stereocenters. The molecule has 5 heteroatoms. The van der Waals surface area contributed by atoms with Gasteiger partial charge in [-0.25, -0.2) is 4.98 Å². The predicted molar refractivity (Wildman–Crippen MR) is 90.1 cm³/mol. The monoisotopic (exact) mass is 321 g/mol. The largest absolute Gasteiger partial charge is 0.389 e. The third kappa shape index (κ3) is 4.34. The van der Waals surface area contributed by atoms with Crippen LogP contribution in [0.3, 0.4) is 0 Å². The van der Waals surface area contributed by atoms with Gasteiger partial charge in [0.2, 0.25) is 0 Å². The first-order valence-corrected chi connectivity index (χ1v) is 9.20. The van der Waals surface area contributed by atoms with E-state index in [0.717, 1.165) is 57.5 Å². The first kappa shape index (κ1) is 16.9. The average Bonchev–Trinajstić information content (AvgIpc) is 2.85. The van der Waals surface area contributed by atoms with Crippen LogP contribution >= 0.6 is 0 Å². The molecule has 1 aliphatic carbocycles. The van der Waals surface area contributed by atoms with Crippen LogP contribution < -0.4 is 5.32 Å². The Hall–Kier alpha value is -0.910. The van der Waals surface area contributed by atoms with E-state index in [2.05, 4.69) is 14.9 Å². The summed E-state index contributed by atoms with van der Waals surface area (Å²) >= 11 is 0. The molecule has 1 saturated carbocycles. The Bertz CT molecular complexity index is 480. The van der Waals surface area contributed by atoms with E-state index in [1.165, 1.54) is 12.8 Å². The van der Waals surface area contributed by atoms with Gasteiger partial charge in [-0.3, -0.25) is 0 Å². The summed E-state index contributed by atoms with van der Waals surface area (Å²) in [5.41, 5.74) is -0.509. The van der Waals surface area contributed by atoms with Crippen LogP contribution in [0.5, 0.6) is 0 Å². The van der Waals surface area contributed by atoms with Crippen LogP contribution in [0.1, 0.15) is 63.3 Å². The van der Waals surface area contributed by atoms with E-state index >= 15 is 0 Å². The molecule has 2 N–H and O–H groups in total. The van der Waals surface area contributed by atoms with E-state index in [1.807, 2.05) is 19.4 Å². The molecule has 2 aliphatic rings. The molecule has 0 bridgehead atoms. The predicted octanol–water partition coefficient (Wildman–Crippen LogP) is 2.56. The number of nitrogens with one attached hydrogen (secondary N) is 1. The van der Waals surface area contributed by atoms with Crippen molar-refractivity contribution in [3.05, 3.63) is 18.2 Å². The number of ether oxygens (including phenoxy) is 1. The van der Waals surface area contributed by atoms with Crippen molar-refractivity contribution in [3.8, 4) is 0 Å². The fraction of sp³-hybridized carbons (Fsp3) is 0.833. The molecule has 5 nitrogen and oxygen atoms in total. The van der Waals surface area contributed by atoms with E-state index in [9.17, 15) is 5.11 Å². The third-order valence-corrected chi connectivity index (χ3v) is 5.45. The summed E-state index contributed by atoms with van der Waals surface area (Å²) in [6, 6.07) is 0. The number of nitrogens with zero attached hydrogens (tertiary/aromatic N) is 2. The Kier molecular flexibility index (Phi) is 5.72. The molecule has 1 aromatic heterocycles. The van der Waals surface area contributed by atoms with Gasteiger partial charge in [-0.2, -0.15) is 0 Å². The lowest BCUT2D eigenvalue weighted by Gasteiger charge is -2.33. The van der Waals surface area contributed by atoms with Crippen LogP contribution in [0.15, 0.2) is 12.4 Å². The number of imidazole rings is 1. The maximum atomic E-state index is 10.8. The molecule has 3 rings (SSSR count). The van der Waals surface area contributed by atoms with Gasteiger partial charge in [0, 0.05) is 45.1 Å². The SMILES string of the molecule is Cn1ccnc1[C@@H]1OCCC[C@H]1CNCC1(O)CCCCCC1. The lowest BCUT2D eigenvalue weighted by atomic mass is 9.91. The summed E-state index contributed by atoms with van der Waals surface area (Å²) in [6.45, 7) is 2.41. The molecule has 1 aliphatic heterocycles. The Morgan fingerprint density at radius 1 is 1.30 bits per heavy atom. The van der Waals surface area contributed by atoms with Crippen molar-refractivity contribution in [2.75, 3.05) is 19.7 Å². The number of aliphatic hydroxyl groups is 1. The van der Waals surface area contributed by atoms with Crippen molar-refractivity contribution < 1.29 is 9.84 Å². The summed E-state index contributed by atoms with van der Waals surface area (Å²) < 4.78 is 8.07. The number of hydrogen-bond donors (Lipinski definition) is 2. The molecule has 0 amide bonds. The van der Waals surface area contributed by atoms with Gasteiger partial charge >= 0.3 is 0 Å². The second kappa shape index (κ2) is 7.77. The van der Waals surface area contributed by atoms with Crippen molar-refractivity contribution in [1.82, 2.24) is 14.9 Å². The molecule has 1 aromatic rings. The number of rotatable bonds is 5. The Morgan fingerprint density at radius 2 is 2.09 bits per heavy atom. The highest BCUT2D eigenvalue weighted by Crippen LogP contribution is 2.32. The molecule has 23 heavy (non-hydrogen) atoms. The molecule has 130 valence electrons. The quantitative estimate of drug-likeness (QED) is 0.818. The van der Waals surface area contributed by atoms with E-state index < -0.39 is 5.60 Å². The first-order chi connectivity index (χ1) is 11.2. The molecule has 0 radical (unpaired) electrons. The highest BCUT2D eigenvalue weighted by atomic mass is 16.5. The van der Waals surface area contributed by atoms with Crippen molar-refractivity contribution in [2.45, 2.75) is 63.1 Å².